The highest BCUT2D eigenvalue weighted by Gasteiger charge is 2.33. The summed E-state index contributed by atoms with van der Waals surface area (Å²) in [6, 6.07) is 6.82. The van der Waals surface area contributed by atoms with Crippen LogP contribution in [0.4, 0.5) is 4.39 Å². The van der Waals surface area contributed by atoms with Gasteiger partial charge in [0, 0.05) is 29.6 Å². The van der Waals surface area contributed by atoms with Gasteiger partial charge in [-0.1, -0.05) is 13.8 Å². The molecule has 20 heavy (non-hydrogen) atoms. The smallest absolute Gasteiger partial charge is 0.165 e. The zero-order chi connectivity index (χ0) is 14.5. The van der Waals surface area contributed by atoms with Crippen LogP contribution in [0.15, 0.2) is 30.5 Å². The molecule has 1 heterocycles. The van der Waals surface area contributed by atoms with Crippen LogP contribution in [0, 0.1) is 18.2 Å². The van der Waals surface area contributed by atoms with Crippen molar-refractivity contribution in [3.8, 4) is 5.69 Å². The third-order valence-corrected chi connectivity index (χ3v) is 3.88. The van der Waals surface area contributed by atoms with Crippen LogP contribution in [0.25, 0.3) is 5.69 Å². The summed E-state index contributed by atoms with van der Waals surface area (Å²) in [6.45, 7) is 6.07. The van der Waals surface area contributed by atoms with Crippen molar-refractivity contribution in [1.82, 2.24) is 4.57 Å². The molecule has 0 bridgehead atoms. The van der Waals surface area contributed by atoms with Gasteiger partial charge >= 0.3 is 0 Å². The summed E-state index contributed by atoms with van der Waals surface area (Å²) < 4.78 is 15.5. The number of halogens is 1. The van der Waals surface area contributed by atoms with E-state index < -0.39 is 0 Å². The fourth-order valence-corrected chi connectivity index (χ4v) is 3.04. The lowest BCUT2D eigenvalue weighted by atomic mass is 9.76. The Morgan fingerprint density at radius 1 is 1.20 bits per heavy atom. The summed E-state index contributed by atoms with van der Waals surface area (Å²) in [5.74, 6) is -0.0630. The molecule has 0 saturated heterocycles. The summed E-state index contributed by atoms with van der Waals surface area (Å²) in [6.07, 6.45) is 3.28. The number of ketones is 1. The number of benzene rings is 1. The maximum absolute atomic E-state index is 13.6. The number of aryl methyl sites for hydroxylation is 1. The monoisotopic (exact) mass is 271 g/mol. The highest BCUT2D eigenvalue weighted by atomic mass is 19.1. The lowest BCUT2D eigenvalue weighted by Crippen LogP contribution is -2.27. The van der Waals surface area contributed by atoms with E-state index >= 15 is 0 Å². The van der Waals surface area contributed by atoms with Gasteiger partial charge in [0.1, 0.15) is 5.82 Å². The van der Waals surface area contributed by atoms with E-state index in [1.54, 1.807) is 0 Å². The Hall–Kier alpha value is -1.90. The fourth-order valence-electron chi connectivity index (χ4n) is 3.04. The maximum atomic E-state index is 13.6. The van der Waals surface area contributed by atoms with Crippen LogP contribution in [0.2, 0.25) is 0 Å². The molecule has 0 radical (unpaired) electrons. The first-order valence-electron chi connectivity index (χ1n) is 6.87. The molecule has 3 rings (SSSR count). The molecule has 2 nitrogen and oxygen atoms in total. The normalized spacial score (nSPS) is 17.1. The van der Waals surface area contributed by atoms with Gasteiger partial charge in [0.25, 0.3) is 0 Å². The van der Waals surface area contributed by atoms with Crippen LogP contribution in [-0.4, -0.2) is 10.4 Å². The Morgan fingerprint density at radius 2 is 1.95 bits per heavy atom. The quantitative estimate of drug-likeness (QED) is 0.766. The van der Waals surface area contributed by atoms with Crippen LogP contribution in [-0.2, 0) is 6.42 Å². The lowest BCUT2D eigenvalue weighted by Gasteiger charge is -2.29. The summed E-state index contributed by atoms with van der Waals surface area (Å²) in [5, 5.41) is 0. The number of fused-ring (bicyclic) bond motifs is 1. The predicted molar refractivity (Wildman–Crippen MR) is 76.9 cm³/mol. The minimum Gasteiger partial charge on any atom is -0.320 e. The summed E-state index contributed by atoms with van der Waals surface area (Å²) in [7, 11) is 0. The number of Topliss-reactive ketones (excluding diaryl/α,β-unsaturated/α-hetero) is 1. The van der Waals surface area contributed by atoms with Crippen LogP contribution < -0.4 is 0 Å². The van der Waals surface area contributed by atoms with E-state index in [4.69, 9.17) is 0 Å². The molecule has 1 aromatic heterocycles. The van der Waals surface area contributed by atoms with E-state index in [0.717, 1.165) is 28.9 Å². The minimum atomic E-state index is -0.246. The van der Waals surface area contributed by atoms with Gasteiger partial charge in [-0.2, -0.15) is 0 Å². The Morgan fingerprint density at radius 3 is 2.65 bits per heavy atom. The standard InChI is InChI=1S/C17H18FNO/c1-11-6-12(18)8-13(7-11)19-5-4-14-15(19)9-17(2,3)10-16(14)20/h4-8H,9-10H2,1-3H3. The largest absolute Gasteiger partial charge is 0.320 e. The Labute approximate surface area is 118 Å². The summed E-state index contributed by atoms with van der Waals surface area (Å²) >= 11 is 0. The molecule has 0 atom stereocenters. The number of carbonyl (C=O) groups excluding carboxylic acids is 1. The average Bonchev–Trinajstić information content (AvgIpc) is 2.69. The van der Waals surface area contributed by atoms with Crippen molar-refractivity contribution in [2.24, 2.45) is 5.41 Å². The highest BCUT2D eigenvalue weighted by molar-refractivity contribution is 5.99. The van der Waals surface area contributed by atoms with Crippen molar-refractivity contribution >= 4 is 5.78 Å². The molecule has 0 aliphatic heterocycles. The summed E-state index contributed by atoms with van der Waals surface area (Å²) in [4.78, 5) is 12.2. The number of carbonyl (C=O) groups is 1. The van der Waals surface area contributed by atoms with Gasteiger partial charge in [-0.15, -0.1) is 0 Å². The predicted octanol–water partition coefficient (Wildman–Crippen LogP) is 4.08. The van der Waals surface area contributed by atoms with Crippen molar-refractivity contribution in [3.05, 3.63) is 53.1 Å². The van der Waals surface area contributed by atoms with Crippen LogP contribution in [0.3, 0.4) is 0 Å². The SMILES string of the molecule is Cc1cc(F)cc(-n2ccc3c2CC(C)(C)CC3=O)c1. The van der Waals surface area contributed by atoms with Crippen LogP contribution in [0.1, 0.15) is 41.9 Å². The van der Waals surface area contributed by atoms with Crippen molar-refractivity contribution in [3.63, 3.8) is 0 Å². The van der Waals surface area contributed by atoms with E-state index in [1.165, 1.54) is 12.1 Å². The third kappa shape index (κ3) is 2.17. The summed E-state index contributed by atoms with van der Waals surface area (Å²) in [5.41, 5.74) is 3.41. The zero-order valence-electron chi connectivity index (χ0n) is 12.0. The molecule has 1 aliphatic carbocycles. The van der Waals surface area contributed by atoms with Gasteiger partial charge in [-0.05, 0) is 48.6 Å². The van der Waals surface area contributed by atoms with Crippen molar-refractivity contribution in [2.45, 2.75) is 33.6 Å². The van der Waals surface area contributed by atoms with Crippen molar-refractivity contribution in [1.29, 1.82) is 0 Å². The Balaban J connectivity index is 2.15. The molecule has 0 N–H and O–H groups in total. The van der Waals surface area contributed by atoms with Crippen LogP contribution in [0.5, 0.6) is 0 Å². The van der Waals surface area contributed by atoms with E-state index in [-0.39, 0.29) is 17.0 Å². The topological polar surface area (TPSA) is 22.0 Å². The maximum Gasteiger partial charge on any atom is 0.165 e. The molecule has 3 heteroatoms. The second-order valence-corrected chi connectivity index (χ2v) is 6.47. The molecule has 1 aromatic carbocycles. The molecule has 104 valence electrons. The zero-order valence-corrected chi connectivity index (χ0v) is 12.0. The molecule has 0 fully saturated rings. The lowest BCUT2D eigenvalue weighted by molar-refractivity contribution is 0.0911. The molecule has 0 unspecified atom stereocenters. The van der Waals surface area contributed by atoms with Gasteiger partial charge in [0.05, 0.1) is 0 Å². The minimum absolute atomic E-state index is 0.0391. The second-order valence-electron chi connectivity index (χ2n) is 6.47. The van der Waals surface area contributed by atoms with Gasteiger partial charge in [0.15, 0.2) is 5.78 Å². The number of aromatic nitrogens is 1. The molecule has 1 aliphatic rings. The van der Waals surface area contributed by atoms with E-state index in [0.29, 0.717) is 6.42 Å². The average molecular weight is 271 g/mol. The highest BCUT2D eigenvalue weighted by Crippen LogP contribution is 2.36. The fraction of sp³-hybridized carbons (Fsp3) is 0.353. The Bertz CT molecular complexity index is 677. The van der Waals surface area contributed by atoms with E-state index in [1.807, 2.05) is 29.8 Å². The first kappa shape index (κ1) is 13.1. The van der Waals surface area contributed by atoms with E-state index in [2.05, 4.69) is 13.8 Å². The van der Waals surface area contributed by atoms with Gasteiger partial charge < -0.3 is 4.57 Å². The molecule has 0 amide bonds. The molecular formula is C17H18FNO. The Kier molecular flexibility index (Phi) is 2.82. The molecule has 0 spiro atoms. The first-order valence-corrected chi connectivity index (χ1v) is 6.87. The van der Waals surface area contributed by atoms with Crippen molar-refractivity contribution in [2.75, 3.05) is 0 Å². The van der Waals surface area contributed by atoms with Gasteiger partial charge in [-0.25, -0.2) is 4.39 Å². The number of rotatable bonds is 1. The molecule has 0 saturated carbocycles. The van der Waals surface area contributed by atoms with Crippen LogP contribution >= 0.6 is 0 Å². The second kappa shape index (κ2) is 4.30. The first-order chi connectivity index (χ1) is 9.35. The van der Waals surface area contributed by atoms with Gasteiger partial charge in [0.2, 0.25) is 0 Å². The van der Waals surface area contributed by atoms with Gasteiger partial charge in [-0.3, -0.25) is 4.79 Å². The van der Waals surface area contributed by atoms with E-state index in [9.17, 15) is 9.18 Å². The molecule has 2 aromatic rings. The number of hydrogen-bond acceptors (Lipinski definition) is 1. The molecular weight excluding hydrogens is 253 g/mol. The number of hydrogen-bond donors (Lipinski definition) is 0. The number of nitrogens with zero attached hydrogens (tertiary/aromatic N) is 1. The third-order valence-electron chi connectivity index (χ3n) is 3.88. The van der Waals surface area contributed by atoms with Crippen molar-refractivity contribution < 1.29 is 9.18 Å².